The summed E-state index contributed by atoms with van der Waals surface area (Å²) in [5.74, 6) is -0.262. The molecular weight excluding hydrogens is 128 g/mol. The summed E-state index contributed by atoms with van der Waals surface area (Å²) in [5, 5.41) is 0. The highest BCUT2D eigenvalue weighted by Gasteiger charge is 1.97. The maximum Gasteiger partial charge on any atom is 0.303 e. The van der Waals surface area contributed by atoms with Crippen LogP contribution in [-0.2, 0) is 9.53 Å². The van der Waals surface area contributed by atoms with Crippen LogP contribution in [0.2, 0.25) is 0 Å². The minimum Gasteiger partial charge on any atom is -0.458 e. The first kappa shape index (κ1) is 8.99. The molecule has 0 amide bonds. The molecule has 0 spiro atoms. The molecule has 0 N–H and O–H groups in total. The van der Waals surface area contributed by atoms with Crippen LogP contribution in [0.5, 0.6) is 0 Å². The Balaban J connectivity index is 3.74. The van der Waals surface area contributed by atoms with E-state index in [1.54, 1.807) is 19.1 Å². The van der Waals surface area contributed by atoms with E-state index in [9.17, 15) is 4.79 Å². The highest BCUT2D eigenvalue weighted by Crippen LogP contribution is 1.91. The summed E-state index contributed by atoms with van der Waals surface area (Å²) in [6.07, 6.45) is 3.29. The molecular formula is C8H12O2. The quantitative estimate of drug-likeness (QED) is 0.431. The monoisotopic (exact) mass is 140 g/mol. The van der Waals surface area contributed by atoms with E-state index in [0.29, 0.717) is 0 Å². The van der Waals surface area contributed by atoms with Crippen molar-refractivity contribution < 1.29 is 9.53 Å². The van der Waals surface area contributed by atoms with E-state index in [-0.39, 0.29) is 12.1 Å². The number of carbonyl (C=O) groups is 1. The zero-order chi connectivity index (χ0) is 7.98. The Morgan fingerprint density at radius 2 is 2.30 bits per heavy atom. The van der Waals surface area contributed by atoms with Crippen molar-refractivity contribution in [2.75, 3.05) is 0 Å². The molecule has 0 heterocycles. The van der Waals surface area contributed by atoms with Gasteiger partial charge in [0.25, 0.3) is 0 Å². The van der Waals surface area contributed by atoms with E-state index < -0.39 is 0 Å². The zero-order valence-electron chi connectivity index (χ0n) is 6.55. The van der Waals surface area contributed by atoms with E-state index in [4.69, 9.17) is 4.74 Å². The maximum atomic E-state index is 10.3. The lowest BCUT2D eigenvalue weighted by Crippen LogP contribution is -2.08. The predicted octanol–water partition coefficient (Wildman–Crippen LogP) is 1.67. The standard InChI is InChI=1S/C8H12O2/c1-4-5-6-7(2)10-8(3)9/h4,6-7H,1-3H3. The second-order valence-electron chi connectivity index (χ2n) is 1.94. The van der Waals surface area contributed by atoms with Gasteiger partial charge in [0.05, 0.1) is 0 Å². The van der Waals surface area contributed by atoms with Crippen molar-refractivity contribution in [2.45, 2.75) is 26.9 Å². The molecule has 0 aliphatic carbocycles. The van der Waals surface area contributed by atoms with Crippen LogP contribution >= 0.6 is 0 Å². The molecule has 1 unspecified atom stereocenters. The van der Waals surface area contributed by atoms with Gasteiger partial charge in [-0.2, -0.15) is 0 Å². The summed E-state index contributed by atoms with van der Waals surface area (Å²) in [6, 6.07) is 0. The van der Waals surface area contributed by atoms with Gasteiger partial charge in [0.15, 0.2) is 0 Å². The Morgan fingerprint density at radius 1 is 1.70 bits per heavy atom. The molecule has 0 rings (SSSR count). The van der Waals surface area contributed by atoms with Crippen LogP contribution in [0.3, 0.4) is 0 Å². The topological polar surface area (TPSA) is 26.3 Å². The third-order valence-corrected chi connectivity index (χ3v) is 0.849. The zero-order valence-corrected chi connectivity index (χ0v) is 6.55. The first-order chi connectivity index (χ1) is 4.66. The van der Waals surface area contributed by atoms with Gasteiger partial charge in [0, 0.05) is 6.92 Å². The fourth-order valence-corrected chi connectivity index (χ4v) is 0.528. The number of carbonyl (C=O) groups excluding carboxylic acids is 1. The van der Waals surface area contributed by atoms with E-state index in [1.165, 1.54) is 6.92 Å². The first-order valence-corrected chi connectivity index (χ1v) is 3.21. The van der Waals surface area contributed by atoms with Crippen LogP contribution in [0.25, 0.3) is 0 Å². The number of rotatable bonds is 2. The summed E-state index contributed by atoms with van der Waals surface area (Å²) in [6.45, 7) is 5.04. The molecule has 0 radical (unpaired) electrons. The van der Waals surface area contributed by atoms with E-state index in [2.05, 4.69) is 5.73 Å². The van der Waals surface area contributed by atoms with Crippen LogP contribution in [0, 0.1) is 0 Å². The number of hydrogen-bond donors (Lipinski definition) is 0. The van der Waals surface area contributed by atoms with Crippen molar-refractivity contribution in [3.05, 3.63) is 17.9 Å². The largest absolute Gasteiger partial charge is 0.458 e. The third kappa shape index (κ3) is 5.13. The van der Waals surface area contributed by atoms with Gasteiger partial charge >= 0.3 is 5.97 Å². The van der Waals surface area contributed by atoms with Gasteiger partial charge in [-0.25, -0.2) is 0 Å². The van der Waals surface area contributed by atoms with Crippen LogP contribution in [-0.4, -0.2) is 12.1 Å². The SMILES string of the molecule is CC=C=CC(C)OC(C)=O. The molecule has 0 saturated carbocycles. The van der Waals surface area contributed by atoms with E-state index in [1.807, 2.05) is 6.92 Å². The molecule has 2 nitrogen and oxygen atoms in total. The average molecular weight is 140 g/mol. The minimum absolute atomic E-state index is 0.173. The van der Waals surface area contributed by atoms with Gasteiger partial charge in [0.2, 0.25) is 0 Å². The van der Waals surface area contributed by atoms with Crippen LogP contribution in [0.15, 0.2) is 17.9 Å². The second-order valence-corrected chi connectivity index (χ2v) is 1.94. The Kier molecular flexibility index (Phi) is 4.34. The fraction of sp³-hybridized carbons (Fsp3) is 0.500. The van der Waals surface area contributed by atoms with Crippen molar-refractivity contribution in [3.8, 4) is 0 Å². The third-order valence-electron chi connectivity index (χ3n) is 0.849. The fourth-order valence-electron chi connectivity index (χ4n) is 0.528. The Labute approximate surface area is 61.2 Å². The molecule has 0 bridgehead atoms. The molecule has 2 heteroatoms. The highest BCUT2D eigenvalue weighted by molar-refractivity contribution is 5.66. The highest BCUT2D eigenvalue weighted by atomic mass is 16.5. The minimum atomic E-state index is -0.262. The van der Waals surface area contributed by atoms with Crippen LogP contribution < -0.4 is 0 Å². The maximum absolute atomic E-state index is 10.3. The van der Waals surface area contributed by atoms with Gasteiger partial charge in [-0.15, -0.1) is 5.73 Å². The molecule has 10 heavy (non-hydrogen) atoms. The summed E-state index contributed by atoms with van der Waals surface area (Å²) in [7, 11) is 0. The Hall–Kier alpha value is -1.01. The second kappa shape index (κ2) is 4.83. The van der Waals surface area contributed by atoms with Crippen molar-refractivity contribution in [1.29, 1.82) is 0 Å². The Bertz CT molecular complexity index is 164. The average Bonchev–Trinajstić information content (AvgIpc) is 1.82. The molecule has 0 aromatic rings. The van der Waals surface area contributed by atoms with Gasteiger partial charge in [-0.05, 0) is 26.0 Å². The van der Waals surface area contributed by atoms with Crippen molar-refractivity contribution in [1.82, 2.24) is 0 Å². The molecule has 0 aromatic carbocycles. The molecule has 0 aromatic heterocycles. The number of ether oxygens (including phenoxy) is 1. The van der Waals surface area contributed by atoms with E-state index in [0.717, 1.165) is 0 Å². The Morgan fingerprint density at radius 3 is 2.70 bits per heavy atom. The summed E-state index contributed by atoms with van der Waals surface area (Å²) < 4.78 is 4.78. The number of hydrogen-bond acceptors (Lipinski definition) is 2. The van der Waals surface area contributed by atoms with Crippen molar-refractivity contribution in [2.24, 2.45) is 0 Å². The number of esters is 1. The van der Waals surface area contributed by atoms with Gasteiger partial charge in [-0.1, -0.05) is 0 Å². The summed E-state index contributed by atoms with van der Waals surface area (Å²) in [5.41, 5.74) is 2.83. The molecule has 0 aliphatic rings. The normalized spacial score (nSPS) is 11.1. The molecule has 1 atom stereocenters. The lowest BCUT2D eigenvalue weighted by atomic mass is 10.4. The van der Waals surface area contributed by atoms with Crippen molar-refractivity contribution in [3.63, 3.8) is 0 Å². The smallest absolute Gasteiger partial charge is 0.303 e. The summed E-state index contributed by atoms with van der Waals surface area (Å²) >= 11 is 0. The summed E-state index contributed by atoms with van der Waals surface area (Å²) in [4.78, 5) is 10.3. The molecule has 0 saturated heterocycles. The van der Waals surface area contributed by atoms with Gasteiger partial charge in [-0.3, -0.25) is 4.79 Å². The van der Waals surface area contributed by atoms with Gasteiger partial charge < -0.3 is 4.74 Å². The predicted molar refractivity (Wildman–Crippen MR) is 39.6 cm³/mol. The molecule has 56 valence electrons. The lowest BCUT2D eigenvalue weighted by Gasteiger charge is -2.03. The lowest BCUT2D eigenvalue weighted by molar-refractivity contribution is -0.143. The first-order valence-electron chi connectivity index (χ1n) is 3.21. The van der Waals surface area contributed by atoms with Crippen LogP contribution in [0.4, 0.5) is 0 Å². The van der Waals surface area contributed by atoms with Gasteiger partial charge in [0.1, 0.15) is 6.10 Å². The van der Waals surface area contributed by atoms with Crippen molar-refractivity contribution >= 4 is 5.97 Å². The molecule has 0 fully saturated rings. The molecule has 0 aliphatic heterocycles. The van der Waals surface area contributed by atoms with E-state index >= 15 is 0 Å². The van der Waals surface area contributed by atoms with Crippen LogP contribution in [0.1, 0.15) is 20.8 Å².